The molecule has 2 N–H and O–H groups in total. The van der Waals surface area contributed by atoms with Crippen LogP contribution in [0.5, 0.6) is 0 Å². The number of hydrogen-bond donors (Lipinski definition) is 1. The molecule has 0 radical (unpaired) electrons. The molecule has 3 saturated heterocycles. The second-order valence-corrected chi connectivity index (χ2v) is 8.10. The largest absolute Gasteiger partial charge is 0.381 e. The lowest BCUT2D eigenvalue weighted by molar-refractivity contribution is -0.137. The number of primary amides is 1. The molecule has 3 rings (SSSR count). The zero-order valence-corrected chi connectivity index (χ0v) is 16.1. The highest BCUT2D eigenvalue weighted by Gasteiger charge is 2.42. The molecule has 0 spiro atoms. The Morgan fingerprint density at radius 3 is 2.59 bits per heavy atom. The number of piperidine rings is 1. The molecule has 0 unspecified atom stereocenters. The molecule has 0 aromatic carbocycles. The molecular formula is C19H31N3O5. The van der Waals surface area contributed by atoms with E-state index in [4.69, 9.17) is 15.2 Å². The fourth-order valence-electron chi connectivity index (χ4n) is 4.50. The maximum atomic E-state index is 12.6. The zero-order valence-electron chi connectivity index (χ0n) is 16.1. The highest BCUT2D eigenvalue weighted by molar-refractivity contribution is 5.83. The van der Waals surface area contributed by atoms with Crippen molar-refractivity contribution < 1.29 is 23.9 Å². The average Bonchev–Trinajstić information content (AvgIpc) is 3.04. The SMILES string of the molecule is CN(CC(N)=O)C(=O)C[C@@H]1OC[C@H]2CN(C(=O)CC3CCOCC3)CC[C@@H]21. The Morgan fingerprint density at radius 2 is 1.89 bits per heavy atom. The van der Waals surface area contributed by atoms with E-state index in [1.54, 1.807) is 7.05 Å². The first kappa shape index (κ1) is 20.1. The lowest BCUT2D eigenvalue weighted by Crippen LogP contribution is -2.46. The van der Waals surface area contributed by atoms with Crippen molar-refractivity contribution in [3.05, 3.63) is 0 Å². The van der Waals surface area contributed by atoms with Gasteiger partial charge in [-0.2, -0.15) is 0 Å². The molecule has 3 atom stereocenters. The van der Waals surface area contributed by atoms with E-state index in [-0.39, 0.29) is 36.8 Å². The zero-order chi connectivity index (χ0) is 19.4. The monoisotopic (exact) mass is 381 g/mol. The Balaban J connectivity index is 1.47. The van der Waals surface area contributed by atoms with Crippen LogP contribution >= 0.6 is 0 Å². The van der Waals surface area contributed by atoms with Crippen LogP contribution in [0, 0.1) is 17.8 Å². The van der Waals surface area contributed by atoms with Crippen molar-refractivity contribution in [1.82, 2.24) is 9.80 Å². The summed E-state index contributed by atoms with van der Waals surface area (Å²) < 4.78 is 11.3. The topological polar surface area (TPSA) is 102 Å². The Hall–Kier alpha value is -1.67. The predicted octanol–water partition coefficient (Wildman–Crippen LogP) is 0.000400. The second kappa shape index (κ2) is 9.01. The maximum Gasteiger partial charge on any atom is 0.237 e. The number of likely N-dealkylation sites (tertiary alicyclic amines) is 1. The first-order valence-corrected chi connectivity index (χ1v) is 9.93. The van der Waals surface area contributed by atoms with Gasteiger partial charge in [0.15, 0.2) is 0 Å². The number of nitrogens with zero attached hydrogens (tertiary/aromatic N) is 2. The van der Waals surface area contributed by atoms with E-state index in [1.807, 2.05) is 4.90 Å². The number of hydrogen-bond acceptors (Lipinski definition) is 5. The van der Waals surface area contributed by atoms with Crippen molar-refractivity contribution in [1.29, 1.82) is 0 Å². The van der Waals surface area contributed by atoms with Gasteiger partial charge in [0, 0.05) is 45.7 Å². The third kappa shape index (κ3) is 5.19. The summed E-state index contributed by atoms with van der Waals surface area (Å²) in [7, 11) is 1.58. The van der Waals surface area contributed by atoms with Crippen LogP contribution in [0.1, 0.15) is 32.1 Å². The van der Waals surface area contributed by atoms with Crippen LogP contribution in [-0.2, 0) is 23.9 Å². The van der Waals surface area contributed by atoms with Crippen LogP contribution in [0.25, 0.3) is 0 Å². The highest BCUT2D eigenvalue weighted by atomic mass is 16.5. The smallest absolute Gasteiger partial charge is 0.237 e. The maximum absolute atomic E-state index is 12.6. The summed E-state index contributed by atoms with van der Waals surface area (Å²) in [6.07, 6.45) is 3.55. The van der Waals surface area contributed by atoms with Crippen LogP contribution in [0.3, 0.4) is 0 Å². The molecule has 8 heteroatoms. The molecule has 0 saturated carbocycles. The Kier molecular flexibility index (Phi) is 6.70. The number of nitrogens with two attached hydrogens (primary N) is 1. The van der Waals surface area contributed by atoms with E-state index in [0.29, 0.717) is 31.4 Å². The van der Waals surface area contributed by atoms with Crippen LogP contribution in [-0.4, -0.2) is 80.1 Å². The number of fused-ring (bicyclic) bond motifs is 1. The first-order chi connectivity index (χ1) is 12.9. The number of likely N-dealkylation sites (N-methyl/N-ethyl adjacent to an activating group) is 1. The summed E-state index contributed by atoms with van der Waals surface area (Å²) in [5.41, 5.74) is 5.15. The first-order valence-electron chi connectivity index (χ1n) is 9.93. The normalized spacial score (nSPS) is 28.6. The van der Waals surface area contributed by atoms with E-state index in [9.17, 15) is 14.4 Å². The Bertz CT molecular complexity index is 564. The molecule has 0 aliphatic carbocycles. The van der Waals surface area contributed by atoms with E-state index in [0.717, 1.165) is 39.0 Å². The fourth-order valence-corrected chi connectivity index (χ4v) is 4.50. The number of carbonyl (C=O) groups excluding carboxylic acids is 3. The number of carbonyl (C=O) groups is 3. The Morgan fingerprint density at radius 1 is 1.15 bits per heavy atom. The lowest BCUT2D eigenvalue weighted by Gasteiger charge is -2.36. The number of amides is 3. The summed E-state index contributed by atoms with van der Waals surface area (Å²) in [6.45, 7) is 3.48. The summed E-state index contributed by atoms with van der Waals surface area (Å²) in [4.78, 5) is 39.2. The number of ether oxygens (including phenoxy) is 2. The minimum absolute atomic E-state index is 0.0753. The third-order valence-corrected chi connectivity index (χ3v) is 6.15. The van der Waals surface area contributed by atoms with Crippen LogP contribution < -0.4 is 5.73 Å². The molecular weight excluding hydrogens is 350 g/mol. The van der Waals surface area contributed by atoms with E-state index >= 15 is 0 Å². The van der Waals surface area contributed by atoms with Crippen LogP contribution in [0.4, 0.5) is 0 Å². The Labute approximate surface area is 160 Å². The van der Waals surface area contributed by atoms with E-state index in [1.165, 1.54) is 4.90 Å². The van der Waals surface area contributed by atoms with Crippen LogP contribution in [0.2, 0.25) is 0 Å². The van der Waals surface area contributed by atoms with Crippen molar-refractivity contribution in [2.24, 2.45) is 23.5 Å². The predicted molar refractivity (Wildman–Crippen MR) is 97.5 cm³/mol. The lowest BCUT2D eigenvalue weighted by atomic mass is 9.82. The van der Waals surface area contributed by atoms with Gasteiger partial charge in [-0.25, -0.2) is 0 Å². The molecule has 3 heterocycles. The van der Waals surface area contributed by atoms with Gasteiger partial charge < -0.3 is 25.0 Å². The standard InChI is InChI=1S/C19H31N3O5/c1-21(11-17(20)23)18(24)9-16-15-2-5-22(10-14(15)12-27-16)19(25)8-13-3-6-26-7-4-13/h13-16H,2-12H2,1H3,(H2,20,23)/t14-,15+,16+/m1/s1. The van der Waals surface area contributed by atoms with Gasteiger partial charge >= 0.3 is 0 Å². The van der Waals surface area contributed by atoms with Gasteiger partial charge in [0.2, 0.25) is 17.7 Å². The molecule has 152 valence electrons. The van der Waals surface area contributed by atoms with Crippen molar-refractivity contribution >= 4 is 17.7 Å². The molecule has 27 heavy (non-hydrogen) atoms. The van der Waals surface area contributed by atoms with Gasteiger partial charge in [0.25, 0.3) is 0 Å². The van der Waals surface area contributed by atoms with Gasteiger partial charge in [-0.1, -0.05) is 0 Å². The van der Waals surface area contributed by atoms with Gasteiger partial charge in [-0.3, -0.25) is 14.4 Å². The molecule has 0 aromatic rings. The average molecular weight is 381 g/mol. The van der Waals surface area contributed by atoms with E-state index in [2.05, 4.69) is 0 Å². The molecule has 8 nitrogen and oxygen atoms in total. The van der Waals surface area contributed by atoms with Gasteiger partial charge in [0.1, 0.15) is 0 Å². The minimum Gasteiger partial charge on any atom is -0.381 e. The minimum atomic E-state index is -0.521. The molecule has 3 aliphatic heterocycles. The number of rotatable bonds is 6. The van der Waals surface area contributed by atoms with Gasteiger partial charge in [-0.15, -0.1) is 0 Å². The van der Waals surface area contributed by atoms with Crippen molar-refractivity contribution in [2.45, 2.75) is 38.2 Å². The molecule has 3 amide bonds. The molecule has 0 bridgehead atoms. The van der Waals surface area contributed by atoms with Crippen molar-refractivity contribution in [3.63, 3.8) is 0 Å². The summed E-state index contributed by atoms with van der Waals surface area (Å²) in [5, 5.41) is 0. The quantitative estimate of drug-likeness (QED) is 0.698. The van der Waals surface area contributed by atoms with Crippen molar-refractivity contribution in [3.8, 4) is 0 Å². The fraction of sp³-hybridized carbons (Fsp3) is 0.842. The highest BCUT2D eigenvalue weighted by Crippen LogP contribution is 2.36. The third-order valence-electron chi connectivity index (χ3n) is 6.15. The molecule has 3 aliphatic rings. The van der Waals surface area contributed by atoms with Gasteiger partial charge in [0.05, 0.1) is 25.7 Å². The van der Waals surface area contributed by atoms with Crippen molar-refractivity contribution in [2.75, 3.05) is 46.5 Å². The van der Waals surface area contributed by atoms with Crippen LogP contribution in [0.15, 0.2) is 0 Å². The molecule has 3 fully saturated rings. The summed E-state index contributed by atoms with van der Waals surface area (Å²) in [5.74, 6) is 0.612. The molecule has 0 aromatic heterocycles. The summed E-state index contributed by atoms with van der Waals surface area (Å²) >= 11 is 0. The second-order valence-electron chi connectivity index (χ2n) is 8.10. The van der Waals surface area contributed by atoms with E-state index < -0.39 is 5.91 Å². The van der Waals surface area contributed by atoms with Gasteiger partial charge in [-0.05, 0) is 31.1 Å². The summed E-state index contributed by atoms with van der Waals surface area (Å²) in [6, 6.07) is 0.